The normalized spacial score (nSPS) is 15.1. The molecule has 2 N–H and O–H groups in total. The summed E-state index contributed by atoms with van der Waals surface area (Å²) in [5.41, 5.74) is 0.548. The van der Waals surface area contributed by atoms with Gasteiger partial charge < -0.3 is 14.5 Å². The highest BCUT2D eigenvalue weighted by atomic mass is 32.2. The fourth-order valence-corrected chi connectivity index (χ4v) is 3.23. The summed E-state index contributed by atoms with van der Waals surface area (Å²) in [6.07, 6.45) is 0.348. The van der Waals surface area contributed by atoms with Crippen LogP contribution in [-0.4, -0.2) is 69.1 Å². The Morgan fingerprint density at radius 1 is 1.16 bits per heavy atom. The minimum atomic E-state index is -3.54. The van der Waals surface area contributed by atoms with E-state index in [2.05, 4.69) is 0 Å². The third-order valence-electron chi connectivity index (χ3n) is 4.06. The molecule has 1 aromatic carbocycles. The van der Waals surface area contributed by atoms with Crippen LogP contribution in [0.25, 0.3) is 0 Å². The first-order chi connectivity index (χ1) is 11.8. The smallest absolute Gasteiger partial charge is 0.254 e. The quantitative estimate of drug-likeness (QED) is 0.762. The molecule has 1 fully saturated rings. The van der Waals surface area contributed by atoms with Gasteiger partial charge in [-0.2, -0.15) is 0 Å². The van der Waals surface area contributed by atoms with Gasteiger partial charge in [-0.1, -0.05) is 6.07 Å². The molecule has 8 nitrogen and oxygen atoms in total. The van der Waals surface area contributed by atoms with E-state index in [-0.39, 0.29) is 30.4 Å². The van der Waals surface area contributed by atoms with Gasteiger partial charge in [-0.05, 0) is 24.6 Å². The maximum Gasteiger partial charge on any atom is 0.254 e. The second kappa shape index (κ2) is 8.30. The fourth-order valence-electron chi connectivity index (χ4n) is 2.68. The molecule has 1 aromatic rings. The Labute approximate surface area is 147 Å². The lowest BCUT2D eigenvalue weighted by atomic mass is 10.1. The first kappa shape index (κ1) is 19.2. The highest BCUT2D eigenvalue weighted by Crippen LogP contribution is 2.16. The van der Waals surface area contributed by atoms with Crippen LogP contribution in [0, 0.1) is 0 Å². The molecule has 2 amide bonds. The van der Waals surface area contributed by atoms with Gasteiger partial charge in [-0.3, -0.25) is 9.59 Å². The van der Waals surface area contributed by atoms with E-state index in [0.29, 0.717) is 37.5 Å². The van der Waals surface area contributed by atoms with E-state index in [0.717, 1.165) is 0 Å². The topological polar surface area (TPSA) is 110 Å². The standard InChI is InChI=1S/C16H23N3O5S/c1-24-14-5-2-4-13(12-14)16(21)19-9-7-18(8-10-19)15(20)6-3-11-25(17,22)23/h2,4-5,12H,3,6-11H2,1H3,(H2,17,22,23). The van der Waals surface area contributed by atoms with Crippen molar-refractivity contribution in [2.45, 2.75) is 12.8 Å². The number of hydrogen-bond acceptors (Lipinski definition) is 5. The zero-order valence-corrected chi connectivity index (χ0v) is 15.0. The van der Waals surface area contributed by atoms with Crippen molar-refractivity contribution in [1.82, 2.24) is 9.80 Å². The molecule has 138 valence electrons. The number of hydrogen-bond donors (Lipinski definition) is 1. The molecule has 2 rings (SSSR count). The number of amides is 2. The lowest BCUT2D eigenvalue weighted by Crippen LogP contribution is -2.50. The molecule has 1 saturated heterocycles. The van der Waals surface area contributed by atoms with Gasteiger partial charge in [0.05, 0.1) is 12.9 Å². The Hall–Kier alpha value is -2.13. The van der Waals surface area contributed by atoms with Crippen LogP contribution >= 0.6 is 0 Å². The van der Waals surface area contributed by atoms with Crippen LogP contribution in [0.3, 0.4) is 0 Å². The lowest BCUT2D eigenvalue weighted by molar-refractivity contribution is -0.132. The van der Waals surface area contributed by atoms with Gasteiger partial charge in [-0.25, -0.2) is 13.6 Å². The lowest BCUT2D eigenvalue weighted by Gasteiger charge is -2.35. The zero-order chi connectivity index (χ0) is 18.4. The average Bonchev–Trinajstić information content (AvgIpc) is 2.60. The fraction of sp³-hybridized carbons (Fsp3) is 0.500. The number of ether oxygens (including phenoxy) is 1. The molecule has 0 saturated carbocycles. The second-order valence-electron chi connectivity index (χ2n) is 5.88. The number of nitrogens with two attached hydrogens (primary N) is 1. The summed E-state index contributed by atoms with van der Waals surface area (Å²) < 4.78 is 26.9. The van der Waals surface area contributed by atoms with Crippen LogP contribution in [0.5, 0.6) is 5.75 Å². The van der Waals surface area contributed by atoms with Crippen LogP contribution in [0.4, 0.5) is 0 Å². The summed E-state index contributed by atoms with van der Waals surface area (Å²) in [4.78, 5) is 27.9. The Morgan fingerprint density at radius 2 is 1.80 bits per heavy atom. The highest BCUT2D eigenvalue weighted by molar-refractivity contribution is 7.89. The van der Waals surface area contributed by atoms with Gasteiger partial charge >= 0.3 is 0 Å². The molecule has 0 atom stereocenters. The molecular formula is C16H23N3O5S. The van der Waals surface area contributed by atoms with Crippen molar-refractivity contribution in [1.29, 1.82) is 0 Å². The number of rotatable bonds is 6. The van der Waals surface area contributed by atoms with E-state index >= 15 is 0 Å². The van der Waals surface area contributed by atoms with Crippen LogP contribution < -0.4 is 9.88 Å². The van der Waals surface area contributed by atoms with E-state index in [1.807, 2.05) is 0 Å². The number of methoxy groups -OCH3 is 1. The average molecular weight is 369 g/mol. The van der Waals surface area contributed by atoms with Crippen molar-refractivity contribution >= 4 is 21.8 Å². The summed E-state index contributed by atoms with van der Waals surface area (Å²) >= 11 is 0. The van der Waals surface area contributed by atoms with E-state index in [1.54, 1.807) is 41.2 Å². The minimum Gasteiger partial charge on any atom is -0.497 e. The third kappa shape index (κ3) is 5.71. The van der Waals surface area contributed by atoms with Crippen molar-refractivity contribution < 1.29 is 22.7 Å². The second-order valence-corrected chi connectivity index (χ2v) is 7.61. The highest BCUT2D eigenvalue weighted by Gasteiger charge is 2.25. The molecular weight excluding hydrogens is 346 g/mol. The van der Waals surface area contributed by atoms with E-state index in [9.17, 15) is 18.0 Å². The van der Waals surface area contributed by atoms with Crippen LogP contribution in [0.1, 0.15) is 23.2 Å². The number of sulfonamides is 1. The number of carbonyl (C=O) groups is 2. The zero-order valence-electron chi connectivity index (χ0n) is 14.2. The Morgan fingerprint density at radius 3 is 2.40 bits per heavy atom. The van der Waals surface area contributed by atoms with Gasteiger partial charge in [0.25, 0.3) is 5.91 Å². The summed E-state index contributed by atoms with van der Waals surface area (Å²) in [5.74, 6) is 0.208. The summed E-state index contributed by atoms with van der Waals surface area (Å²) in [5, 5.41) is 4.92. The number of benzene rings is 1. The Bertz CT molecular complexity index is 727. The molecule has 0 radical (unpaired) electrons. The van der Waals surface area contributed by atoms with Crippen LogP contribution in [0.15, 0.2) is 24.3 Å². The van der Waals surface area contributed by atoms with E-state index < -0.39 is 10.0 Å². The van der Waals surface area contributed by atoms with Gasteiger partial charge in [-0.15, -0.1) is 0 Å². The van der Waals surface area contributed by atoms with Gasteiger partial charge in [0.2, 0.25) is 15.9 Å². The van der Waals surface area contributed by atoms with Crippen LogP contribution in [0.2, 0.25) is 0 Å². The van der Waals surface area contributed by atoms with Crippen molar-refractivity contribution in [2.24, 2.45) is 5.14 Å². The summed E-state index contributed by atoms with van der Waals surface area (Å²) in [7, 11) is -2.00. The Balaban J connectivity index is 1.84. The van der Waals surface area contributed by atoms with Gasteiger partial charge in [0.1, 0.15) is 5.75 Å². The minimum absolute atomic E-state index is 0.0970. The van der Waals surface area contributed by atoms with Gasteiger partial charge in [0, 0.05) is 38.2 Å². The van der Waals surface area contributed by atoms with E-state index in [4.69, 9.17) is 9.88 Å². The summed E-state index contributed by atoms with van der Waals surface area (Å²) in [6.45, 7) is 1.75. The van der Waals surface area contributed by atoms with Crippen molar-refractivity contribution in [3.8, 4) is 5.75 Å². The number of nitrogens with zero attached hydrogens (tertiary/aromatic N) is 2. The van der Waals surface area contributed by atoms with Crippen LogP contribution in [-0.2, 0) is 14.8 Å². The van der Waals surface area contributed by atoms with Crippen molar-refractivity contribution in [3.05, 3.63) is 29.8 Å². The molecule has 0 unspecified atom stereocenters. The van der Waals surface area contributed by atoms with Crippen molar-refractivity contribution in [2.75, 3.05) is 39.0 Å². The maximum atomic E-state index is 12.5. The molecule has 25 heavy (non-hydrogen) atoms. The molecule has 1 aliphatic heterocycles. The molecule has 0 spiro atoms. The molecule has 9 heteroatoms. The molecule has 0 aliphatic carbocycles. The SMILES string of the molecule is COc1cccc(C(=O)N2CCN(C(=O)CCCS(N)(=O)=O)CC2)c1. The summed E-state index contributed by atoms with van der Waals surface area (Å²) in [6, 6.07) is 6.95. The number of primary sulfonamides is 1. The third-order valence-corrected chi connectivity index (χ3v) is 4.91. The maximum absolute atomic E-state index is 12.5. The molecule has 1 heterocycles. The molecule has 0 bridgehead atoms. The predicted molar refractivity (Wildman–Crippen MR) is 92.7 cm³/mol. The predicted octanol–water partition coefficient (Wildman–Crippen LogP) is 0.0483. The van der Waals surface area contributed by atoms with E-state index in [1.165, 1.54) is 0 Å². The first-order valence-electron chi connectivity index (χ1n) is 8.02. The molecule has 1 aliphatic rings. The first-order valence-corrected chi connectivity index (χ1v) is 9.73. The largest absolute Gasteiger partial charge is 0.497 e. The number of piperazine rings is 1. The van der Waals surface area contributed by atoms with Crippen molar-refractivity contribution in [3.63, 3.8) is 0 Å². The monoisotopic (exact) mass is 369 g/mol. The van der Waals surface area contributed by atoms with Gasteiger partial charge in [0.15, 0.2) is 0 Å². The Kier molecular flexibility index (Phi) is 6.38. The number of carbonyl (C=O) groups excluding carboxylic acids is 2. The molecule has 0 aromatic heterocycles.